The fourth-order valence-corrected chi connectivity index (χ4v) is 4.20. The van der Waals surface area contributed by atoms with Crippen LogP contribution in [0.2, 0.25) is 0 Å². The Morgan fingerprint density at radius 3 is 2.09 bits per heavy atom. The average Bonchev–Trinajstić information content (AvgIpc) is 2.89. The van der Waals surface area contributed by atoms with Crippen molar-refractivity contribution in [1.29, 1.82) is 0 Å². The number of piperazine rings is 1. The Labute approximate surface area is 194 Å². The number of nitrogen functional groups attached to an aromatic ring is 1. The van der Waals surface area contributed by atoms with Crippen molar-refractivity contribution >= 4 is 28.8 Å². The average molecular weight is 438 g/mol. The first kappa shape index (κ1) is 20.8. The summed E-state index contributed by atoms with van der Waals surface area (Å²) < 4.78 is 0. The van der Waals surface area contributed by atoms with E-state index in [0.29, 0.717) is 18.1 Å². The highest BCUT2D eigenvalue weighted by molar-refractivity contribution is 5.79. The van der Waals surface area contributed by atoms with Gasteiger partial charge in [-0.15, -0.1) is 0 Å². The lowest BCUT2D eigenvalue weighted by molar-refractivity contribution is 0.647. The Bertz CT molecular complexity index is 1160. The van der Waals surface area contributed by atoms with Gasteiger partial charge >= 0.3 is 0 Å². The molecular formula is C26H27N7. The van der Waals surface area contributed by atoms with Crippen molar-refractivity contribution < 1.29 is 0 Å². The number of nitrogens with zero attached hydrogens (tertiary/aromatic N) is 6. The largest absolute Gasteiger partial charge is 0.393 e. The zero-order chi connectivity index (χ0) is 22.5. The van der Waals surface area contributed by atoms with Crippen LogP contribution in [-0.4, -0.2) is 41.1 Å². The number of pyridine rings is 1. The van der Waals surface area contributed by atoms with Gasteiger partial charge in [-0.05, 0) is 29.8 Å². The van der Waals surface area contributed by atoms with Crippen LogP contribution in [-0.2, 0) is 6.54 Å². The standard InChI is InChI=1S/C26H27N7/c27-24-25(32-17-15-31(16-18-32)22-11-5-2-6-12-22)29-20-30-26(24)33(23-13-7-8-14-28-23)19-21-9-3-1-4-10-21/h1-14,20H,15-19,27H2. The van der Waals surface area contributed by atoms with Crippen LogP contribution in [0.5, 0.6) is 0 Å². The van der Waals surface area contributed by atoms with Gasteiger partial charge in [0, 0.05) is 38.1 Å². The topological polar surface area (TPSA) is 74.4 Å². The van der Waals surface area contributed by atoms with Crippen LogP contribution in [0.15, 0.2) is 91.4 Å². The molecule has 0 radical (unpaired) electrons. The van der Waals surface area contributed by atoms with Gasteiger partial charge in [-0.2, -0.15) is 0 Å². The van der Waals surface area contributed by atoms with Crippen molar-refractivity contribution in [3.63, 3.8) is 0 Å². The Morgan fingerprint density at radius 2 is 1.39 bits per heavy atom. The van der Waals surface area contributed by atoms with E-state index in [9.17, 15) is 0 Å². The zero-order valence-corrected chi connectivity index (χ0v) is 18.5. The molecule has 0 saturated carbocycles. The summed E-state index contributed by atoms with van der Waals surface area (Å²) in [7, 11) is 0. The molecule has 1 aliphatic rings. The second-order valence-corrected chi connectivity index (χ2v) is 8.00. The quantitative estimate of drug-likeness (QED) is 0.486. The minimum atomic E-state index is 0.576. The van der Waals surface area contributed by atoms with Crippen molar-refractivity contribution in [2.75, 3.05) is 46.6 Å². The number of nitrogens with two attached hydrogens (primary N) is 1. The summed E-state index contributed by atoms with van der Waals surface area (Å²) in [6.45, 7) is 4.13. The highest BCUT2D eigenvalue weighted by Gasteiger charge is 2.24. The summed E-state index contributed by atoms with van der Waals surface area (Å²) >= 11 is 0. The first-order valence-electron chi connectivity index (χ1n) is 11.2. The third-order valence-electron chi connectivity index (χ3n) is 5.91. The molecule has 5 rings (SSSR count). The van der Waals surface area contributed by atoms with Gasteiger partial charge in [-0.3, -0.25) is 0 Å². The van der Waals surface area contributed by atoms with Crippen molar-refractivity contribution in [3.05, 3.63) is 97.0 Å². The number of benzene rings is 2. The predicted octanol–water partition coefficient (Wildman–Crippen LogP) is 4.12. The fourth-order valence-electron chi connectivity index (χ4n) is 4.20. The molecule has 0 spiro atoms. The van der Waals surface area contributed by atoms with Crippen LogP contribution >= 0.6 is 0 Å². The lowest BCUT2D eigenvalue weighted by Crippen LogP contribution is -2.47. The smallest absolute Gasteiger partial charge is 0.163 e. The number of para-hydroxylation sites is 1. The molecular weight excluding hydrogens is 410 g/mol. The minimum Gasteiger partial charge on any atom is -0.393 e. The van der Waals surface area contributed by atoms with E-state index in [0.717, 1.165) is 43.4 Å². The van der Waals surface area contributed by atoms with Gasteiger partial charge in [0.2, 0.25) is 0 Å². The molecule has 4 aromatic rings. The predicted molar refractivity (Wildman–Crippen MR) is 134 cm³/mol. The third-order valence-corrected chi connectivity index (χ3v) is 5.91. The number of anilines is 5. The minimum absolute atomic E-state index is 0.576. The highest BCUT2D eigenvalue weighted by atomic mass is 15.3. The molecule has 7 heteroatoms. The molecule has 0 atom stereocenters. The van der Waals surface area contributed by atoms with Crippen molar-refractivity contribution in [2.24, 2.45) is 0 Å². The Morgan fingerprint density at radius 1 is 0.727 bits per heavy atom. The Hall–Kier alpha value is -4.13. The van der Waals surface area contributed by atoms with E-state index in [2.05, 4.69) is 66.0 Å². The van der Waals surface area contributed by atoms with Crippen molar-refractivity contribution in [1.82, 2.24) is 15.0 Å². The maximum atomic E-state index is 6.70. The Balaban J connectivity index is 1.41. The molecule has 1 fully saturated rings. The zero-order valence-electron chi connectivity index (χ0n) is 18.5. The molecule has 0 bridgehead atoms. The van der Waals surface area contributed by atoms with Gasteiger partial charge in [-0.1, -0.05) is 54.6 Å². The maximum Gasteiger partial charge on any atom is 0.163 e. The molecule has 2 aromatic carbocycles. The lowest BCUT2D eigenvalue weighted by Gasteiger charge is -2.37. The summed E-state index contributed by atoms with van der Waals surface area (Å²) in [5, 5.41) is 0. The molecule has 166 valence electrons. The molecule has 0 unspecified atom stereocenters. The first-order valence-corrected chi connectivity index (χ1v) is 11.2. The highest BCUT2D eigenvalue weighted by Crippen LogP contribution is 2.34. The molecule has 0 aliphatic carbocycles. The van der Waals surface area contributed by atoms with E-state index in [1.54, 1.807) is 12.5 Å². The molecule has 2 aromatic heterocycles. The number of hydrogen-bond acceptors (Lipinski definition) is 7. The summed E-state index contributed by atoms with van der Waals surface area (Å²) in [6, 6.07) is 26.6. The lowest BCUT2D eigenvalue weighted by atomic mass is 10.2. The Kier molecular flexibility index (Phi) is 6.01. The van der Waals surface area contributed by atoms with Crippen LogP contribution in [0.4, 0.5) is 28.8 Å². The summed E-state index contributed by atoms with van der Waals surface area (Å²) in [6.07, 6.45) is 3.39. The van der Waals surface area contributed by atoms with Crippen LogP contribution in [0.3, 0.4) is 0 Å². The van der Waals surface area contributed by atoms with E-state index < -0.39 is 0 Å². The summed E-state index contributed by atoms with van der Waals surface area (Å²) in [5.41, 5.74) is 9.68. The van der Waals surface area contributed by atoms with Gasteiger partial charge in [0.15, 0.2) is 11.6 Å². The van der Waals surface area contributed by atoms with Crippen molar-refractivity contribution in [3.8, 4) is 0 Å². The molecule has 7 nitrogen and oxygen atoms in total. The van der Waals surface area contributed by atoms with Gasteiger partial charge in [0.1, 0.15) is 17.8 Å². The summed E-state index contributed by atoms with van der Waals surface area (Å²) in [4.78, 5) is 20.4. The maximum absolute atomic E-state index is 6.70. The SMILES string of the molecule is Nc1c(N2CCN(c3ccccc3)CC2)ncnc1N(Cc1ccccc1)c1ccccn1. The van der Waals surface area contributed by atoms with E-state index in [-0.39, 0.29) is 0 Å². The van der Waals surface area contributed by atoms with Crippen LogP contribution < -0.4 is 20.4 Å². The van der Waals surface area contributed by atoms with Crippen LogP contribution in [0, 0.1) is 0 Å². The van der Waals surface area contributed by atoms with Crippen LogP contribution in [0.1, 0.15) is 5.56 Å². The normalized spacial score (nSPS) is 13.7. The van der Waals surface area contributed by atoms with Gasteiger partial charge < -0.3 is 20.4 Å². The first-order chi connectivity index (χ1) is 16.3. The van der Waals surface area contributed by atoms with Crippen molar-refractivity contribution in [2.45, 2.75) is 6.54 Å². The van der Waals surface area contributed by atoms with E-state index in [4.69, 9.17) is 5.73 Å². The molecule has 1 aliphatic heterocycles. The second-order valence-electron chi connectivity index (χ2n) is 8.00. The van der Waals surface area contributed by atoms with E-state index in [1.165, 1.54) is 5.69 Å². The van der Waals surface area contributed by atoms with E-state index in [1.807, 2.05) is 42.5 Å². The molecule has 2 N–H and O–H groups in total. The second kappa shape index (κ2) is 9.56. The van der Waals surface area contributed by atoms with Crippen LogP contribution in [0.25, 0.3) is 0 Å². The van der Waals surface area contributed by atoms with Gasteiger partial charge in [0.25, 0.3) is 0 Å². The number of rotatable bonds is 6. The van der Waals surface area contributed by atoms with E-state index >= 15 is 0 Å². The number of hydrogen-bond donors (Lipinski definition) is 1. The monoisotopic (exact) mass is 437 g/mol. The van der Waals surface area contributed by atoms with Gasteiger partial charge in [0.05, 0.1) is 6.54 Å². The third kappa shape index (κ3) is 4.57. The fraction of sp³-hybridized carbons (Fsp3) is 0.192. The molecule has 3 heterocycles. The number of aromatic nitrogens is 3. The molecule has 1 saturated heterocycles. The molecule has 33 heavy (non-hydrogen) atoms. The molecule has 0 amide bonds. The van der Waals surface area contributed by atoms with Gasteiger partial charge in [-0.25, -0.2) is 15.0 Å². The summed E-state index contributed by atoms with van der Waals surface area (Å²) in [5.74, 6) is 2.25.